The van der Waals surface area contributed by atoms with Gasteiger partial charge >= 0.3 is 0 Å². The average Bonchev–Trinajstić information content (AvgIpc) is 2.03. The van der Waals surface area contributed by atoms with Gasteiger partial charge in [0.1, 0.15) is 5.60 Å². The Labute approximate surface area is 67.6 Å². The van der Waals surface area contributed by atoms with Crippen molar-refractivity contribution in [3.05, 3.63) is 0 Å². The van der Waals surface area contributed by atoms with Crippen molar-refractivity contribution >= 4 is 5.84 Å². The van der Waals surface area contributed by atoms with Crippen LogP contribution < -0.4 is 11.6 Å². The number of nitrogens with zero attached hydrogens (tertiary/aromatic N) is 1. The first-order valence-corrected chi connectivity index (χ1v) is 3.78. The second-order valence-electron chi connectivity index (χ2n) is 2.53. The molecule has 0 radical (unpaired) electrons. The Hall–Kier alpha value is -0.770. The van der Waals surface area contributed by atoms with E-state index in [2.05, 4.69) is 5.10 Å². The SMILES string of the molecule is CCOC(C)(CC)C(N)=NN. The Morgan fingerprint density at radius 3 is 2.36 bits per heavy atom. The summed E-state index contributed by atoms with van der Waals surface area (Å²) >= 11 is 0. The minimum Gasteiger partial charge on any atom is -0.383 e. The fourth-order valence-corrected chi connectivity index (χ4v) is 0.812. The lowest BCUT2D eigenvalue weighted by Crippen LogP contribution is -2.43. The number of hydrogen-bond acceptors (Lipinski definition) is 3. The third-order valence-electron chi connectivity index (χ3n) is 1.82. The molecule has 0 aromatic rings. The van der Waals surface area contributed by atoms with Crippen molar-refractivity contribution in [3.8, 4) is 0 Å². The second-order valence-corrected chi connectivity index (χ2v) is 2.53. The van der Waals surface area contributed by atoms with Crippen LogP contribution in [0.2, 0.25) is 0 Å². The van der Waals surface area contributed by atoms with Crippen molar-refractivity contribution in [1.29, 1.82) is 0 Å². The summed E-state index contributed by atoms with van der Waals surface area (Å²) < 4.78 is 5.40. The molecule has 4 N–H and O–H groups in total. The van der Waals surface area contributed by atoms with Gasteiger partial charge in [-0.1, -0.05) is 6.92 Å². The van der Waals surface area contributed by atoms with E-state index in [4.69, 9.17) is 16.3 Å². The zero-order valence-electron chi connectivity index (χ0n) is 7.42. The Morgan fingerprint density at radius 1 is 1.55 bits per heavy atom. The zero-order valence-corrected chi connectivity index (χ0v) is 7.42. The lowest BCUT2D eigenvalue weighted by Gasteiger charge is -2.26. The van der Waals surface area contributed by atoms with Gasteiger partial charge < -0.3 is 16.3 Å². The molecule has 0 amide bonds. The van der Waals surface area contributed by atoms with Gasteiger partial charge in [-0.05, 0) is 20.3 Å². The summed E-state index contributed by atoms with van der Waals surface area (Å²) in [5, 5.41) is 3.42. The van der Waals surface area contributed by atoms with Crippen molar-refractivity contribution in [3.63, 3.8) is 0 Å². The van der Waals surface area contributed by atoms with Gasteiger partial charge in [-0.3, -0.25) is 0 Å². The number of amidine groups is 1. The number of hydrazone groups is 1. The maximum Gasteiger partial charge on any atom is 0.151 e. The highest BCUT2D eigenvalue weighted by Gasteiger charge is 2.26. The van der Waals surface area contributed by atoms with E-state index in [1.54, 1.807) is 0 Å². The van der Waals surface area contributed by atoms with Crippen LogP contribution in [-0.4, -0.2) is 18.0 Å². The predicted molar refractivity (Wildman–Crippen MR) is 46.1 cm³/mol. The van der Waals surface area contributed by atoms with Crippen molar-refractivity contribution in [2.75, 3.05) is 6.61 Å². The average molecular weight is 159 g/mol. The topological polar surface area (TPSA) is 73.6 Å². The largest absolute Gasteiger partial charge is 0.383 e. The first-order chi connectivity index (χ1) is 5.10. The molecule has 0 aliphatic rings. The van der Waals surface area contributed by atoms with Crippen LogP contribution >= 0.6 is 0 Å². The molecule has 4 nitrogen and oxygen atoms in total. The van der Waals surface area contributed by atoms with Gasteiger partial charge in [0, 0.05) is 6.61 Å². The second kappa shape index (κ2) is 4.18. The van der Waals surface area contributed by atoms with Gasteiger partial charge in [0.2, 0.25) is 0 Å². The van der Waals surface area contributed by atoms with Gasteiger partial charge in [0.25, 0.3) is 0 Å². The zero-order chi connectivity index (χ0) is 8.91. The van der Waals surface area contributed by atoms with Gasteiger partial charge in [0.15, 0.2) is 5.84 Å². The highest BCUT2D eigenvalue weighted by molar-refractivity contribution is 5.88. The van der Waals surface area contributed by atoms with E-state index in [1.807, 2.05) is 20.8 Å². The summed E-state index contributed by atoms with van der Waals surface area (Å²) in [4.78, 5) is 0. The van der Waals surface area contributed by atoms with E-state index < -0.39 is 5.60 Å². The summed E-state index contributed by atoms with van der Waals surface area (Å²) in [6.07, 6.45) is 0.771. The molecule has 0 aliphatic heterocycles. The minimum absolute atomic E-state index is 0.349. The van der Waals surface area contributed by atoms with Crippen LogP contribution in [0, 0.1) is 0 Å². The Bertz CT molecular complexity index is 147. The van der Waals surface area contributed by atoms with Crippen LogP contribution in [0.25, 0.3) is 0 Å². The van der Waals surface area contributed by atoms with Crippen LogP contribution in [0.15, 0.2) is 5.10 Å². The van der Waals surface area contributed by atoms with Crippen LogP contribution in [-0.2, 0) is 4.74 Å². The van der Waals surface area contributed by atoms with Gasteiger partial charge in [-0.15, -0.1) is 0 Å². The summed E-state index contributed by atoms with van der Waals surface area (Å²) in [6.45, 7) is 6.38. The van der Waals surface area contributed by atoms with E-state index >= 15 is 0 Å². The van der Waals surface area contributed by atoms with E-state index in [0.29, 0.717) is 12.4 Å². The quantitative estimate of drug-likeness (QED) is 0.270. The van der Waals surface area contributed by atoms with Gasteiger partial charge in [-0.2, -0.15) is 5.10 Å². The third kappa shape index (κ3) is 2.38. The lowest BCUT2D eigenvalue weighted by atomic mass is 10.0. The molecule has 11 heavy (non-hydrogen) atoms. The minimum atomic E-state index is -0.497. The normalized spacial score (nSPS) is 17.9. The van der Waals surface area contributed by atoms with Crippen molar-refractivity contribution < 1.29 is 4.74 Å². The van der Waals surface area contributed by atoms with Crippen LogP contribution in [0.4, 0.5) is 0 Å². The molecule has 0 spiro atoms. The molecule has 4 heteroatoms. The summed E-state index contributed by atoms with van der Waals surface area (Å²) in [5.74, 6) is 5.40. The number of ether oxygens (including phenoxy) is 1. The molecule has 0 rings (SSSR count). The first kappa shape index (κ1) is 10.2. The Balaban J connectivity index is 4.32. The number of hydrogen-bond donors (Lipinski definition) is 2. The molecule has 0 saturated heterocycles. The Kier molecular flexibility index (Phi) is 3.89. The van der Waals surface area contributed by atoms with E-state index in [0.717, 1.165) is 6.42 Å². The van der Waals surface area contributed by atoms with E-state index in [9.17, 15) is 0 Å². The van der Waals surface area contributed by atoms with Crippen molar-refractivity contribution in [2.24, 2.45) is 16.7 Å². The molecule has 0 aliphatic carbocycles. The molecular formula is C7H17N3O. The predicted octanol–water partition coefficient (Wildman–Crippen LogP) is 0.423. The molecule has 1 atom stereocenters. The highest BCUT2D eigenvalue weighted by atomic mass is 16.5. The molecule has 0 aromatic carbocycles. The molecule has 0 fully saturated rings. The van der Waals surface area contributed by atoms with Gasteiger partial charge in [0.05, 0.1) is 0 Å². The molecule has 1 unspecified atom stereocenters. The number of rotatable bonds is 4. The van der Waals surface area contributed by atoms with E-state index in [-0.39, 0.29) is 0 Å². The highest BCUT2D eigenvalue weighted by Crippen LogP contribution is 2.14. The standard InChI is InChI=1S/C7H17N3O/c1-4-7(3,11-5-2)6(8)10-9/h4-5,9H2,1-3H3,(H2,8,10). The molecule has 0 aromatic heterocycles. The van der Waals surface area contributed by atoms with Crippen molar-refractivity contribution in [1.82, 2.24) is 0 Å². The molecule has 0 heterocycles. The maximum atomic E-state index is 5.55. The Morgan fingerprint density at radius 2 is 2.09 bits per heavy atom. The third-order valence-corrected chi connectivity index (χ3v) is 1.82. The molecule has 66 valence electrons. The monoisotopic (exact) mass is 159 g/mol. The van der Waals surface area contributed by atoms with Crippen molar-refractivity contribution in [2.45, 2.75) is 32.8 Å². The van der Waals surface area contributed by atoms with Crippen LogP contribution in [0.1, 0.15) is 27.2 Å². The summed E-state index contributed by atoms with van der Waals surface area (Å²) in [5.41, 5.74) is 5.05. The summed E-state index contributed by atoms with van der Waals surface area (Å²) in [6, 6.07) is 0. The fraction of sp³-hybridized carbons (Fsp3) is 0.857. The summed E-state index contributed by atoms with van der Waals surface area (Å²) in [7, 11) is 0. The van der Waals surface area contributed by atoms with Crippen LogP contribution in [0.5, 0.6) is 0 Å². The van der Waals surface area contributed by atoms with Gasteiger partial charge in [-0.25, -0.2) is 0 Å². The lowest BCUT2D eigenvalue weighted by molar-refractivity contribution is 0.0258. The fourth-order valence-electron chi connectivity index (χ4n) is 0.812. The number of nitrogens with two attached hydrogens (primary N) is 2. The first-order valence-electron chi connectivity index (χ1n) is 3.78. The molecular weight excluding hydrogens is 142 g/mol. The maximum absolute atomic E-state index is 5.55. The smallest absolute Gasteiger partial charge is 0.151 e. The van der Waals surface area contributed by atoms with E-state index in [1.165, 1.54) is 0 Å². The van der Waals surface area contributed by atoms with Crippen LogP contribution in [0.3, 0.4) is 0 Å². The molecule has 0 bridgehead atoms. The molecule has 0 saturated carbocycles.